The van der Waals surface area contributed by atoms with E-state index in [1.807, 2.05) is 4.90 Å². The number of nitrogen functional groups attached to an aromatic ring is 1. The summed E-state index contributed by atoms with van der Waals surface area (Å²) >= 11 is 0. The van der Waals surface area contributed by atoms with Gasteiger partial charge in [-0.1, -0.05) is 13.3 Å². The normalized spacial score (nSPS) is 15.6. The van der Waals surface area contributed by atoms with Crippen LogP contribution in [0.5, 0.6) is 0 Å². The molecule has 0 saturated heterocycles. The number of rotatable bonds is 5. The summed E-state index contributed by atoms with van der Waals surface area (Å²) in [5.41, 5.74) is 5.71. The molecule has 0 radical (unpaired) electrons. The Morgan fingerprint density at radius 3 is 2.63 bits per heavy atom. The standard InChI is InChI=1S/C13H18F3N3/c1-2-3-6-19(9-4-5-9)11-7-12(13(14,15)16)18-8-10(11)17/h7-9H,2-6,17H2,1H3. The molecule has 1 aliphatic carbocycles. The molecule has 0 spiro atoms. The first-order valence-corrected chi connectivity index (χ1v) is 6.53. The highest BCUT2D eigenvalue weighted by Crippen LogP contribution is 2.37. The summed E-state index contributed by atoms with van der Waals surface area (Å²) in [6.45, 7) is 2.80. The molecule has 106 valence electrons. The summed E-state index contributed by atoms with van der Waals surface area (Å²) in [5, 5.41) is 0. The molecule has 1 heterocycles. The van der Waals surface area contributed by atoms with E-state index in [1.165, 1.54) is 0 Å². The van der Waals surface area contributed by atoms with Crippen molar-refractivity contribution in [3.05, 3.63) is 18.0 Å². The average molecular weight is 273 g/mol. The molecule has 1 fully saturated rings. The van der Waals surface area contributed by atoms with Crippen LogP contribution >= 0.6 is 0 Å². The third-order valence-electron chi connectivity index (χ3n) is 3.25. The molecule has 0 atom stereocenters. The van der Waals surface area contributed by atoms with Crippen molar-refractivity contribution in [1.29, 1.82) is 0 Å². The van der Waals surface area contributed by atoms with Crippen molar-refractivity contribution in [2.24, 2.45) is 0 Å². The lowest BCUT2D eigenvalue weighted by Crippen LogP contribution is -2.28. The maximum Gasteiger partial charge on any atom is 0.433 e. The molecule has 0 unspecified atom stereocenters. The number of halogens is 3. The van der Waals surface area contributed by atoms with Crippen molar-refractivity contribution >= 4 is 11.4 Å². The average Bonchev–Trinajstić information content (AvgIpc) is 3.14. The van der Waals surface area contributed by atoms with Gasteiger partial charge in [-0.15, -0.1) is 0 Å². The Kier molecular flexibility index (Phi) is 3.87. The molecule has 1 aliphatic rings. The van der Waals surface area contributed by atoms with Gasteiger partial charge in [0, 0.05) is 12.6 Å². The molecule has 3 nitrogen and oxygen atoms in total. The van der Waals surface area contributed by atoms with Crippen molar-refractivity contribution < 1.29 is 13.2 Å². The van der Waals surface area contributed by atoms with E-state index >= 15 is 0 Å². The van der Waals surface area contributed by atoms with Gasteiger partial charge < -0.3 is 10.6 Å². The molecule has 1 saturated carbocycles. The number of hydrogen-bond acceptors (Lipinski definition) is 3. The lowest BCUT2D eigenvalue weighted by atomic mass is 10.2. The highest BCUT2D eigenvalue weighted by Gasteiger charge is 2.35. The number of nitrogens with two attached hydrogens (primary N) is 1. The number of anilines is 2. The molecule has 2 rings (SSSR count). The lowest BCUT2D eigenvalue weighted by Gasteiger charge is -2.26. The summed E-state index contributed by atoms with van der Waals surface area (Å²) in [6.07, 6.45) is 0.668. The highest BCUT2D eigenvalue weighted by molar-refractivity contribution is 5.68. The molecule has 0 aromatic carbocycles. The van der Waals surface area contributed by atoms with Gasteiger partial charge in [0.1, 0.15) is 5.69 Å². The first-order valence-electron chi connectivity index (χ1n) is 6.53. The first kappa shape index (κ1) is 14.0. The fourth-order valence-electron chi connectivity index (χ4n) is 2.07. The minimum Gasteiger partial charge on any atom is -0.396 e. The summed E-state index contributed by atoms with van der Waals surface area (Å²) in [4.78, 5) is 5.37. The van der Waals surface area contributed by atoms with E-state index in [9.17, 15) is 13.2 Å². The zero-order valence-corrected chi connectivity index (χ0v) is 10.9. The first-order chi connectivity index (χ1) is 8.93. The molecule has 19 heavy (non-hydrogen) atoms. The predicted molar refractivity (Wildman–Crippen MR) is 68.9 cm³/mol. The Morgan fingerprint density at radius 1 is 1.42 bits per heavy atom. The van der Waals surface area contributed by atoms with Crippen molar-refractivity contribution in [3.8, 4) is 0 Å². The zero-order chi connectivity index (χ0) is 14.0. The highest BCUT2D eigenvalue weighted by atomic mass is 19.4. The second-order valence-electron chi connectivity index (χ2n) is 4.90. The van der Waals surface area contributed by atoms with E-state index in [2.05, 4.69) is 11.9 Å². The van der Waals surface area contributed by atoms with Crippen LogP contribution in [-0.4, -0.2) is 17.6 Å². The Hall–Kier alpha value is -1.46. The van der Waals surface area contributed by atoms with Crippen molar-refractivity contribution in [3.63, 3.8) is 0 Å². The smallest absolute Gasteiger partial charge is 0.396 e. The Labute approximate surface area is 110 Å². The Bertz CT molecular complexity index is 441. The van der Waals surface area contributed by atoms with Gasteiger partial charge in [-0.3, -0.25) is 0 Å². The summed E-state index contributed by atoms with van der Waals surface area (Å²) in [6, 6.07) is 1.40. The van der Waals surface area contributed by atoms with Crippen molar-refractivity contribution in [2.75, 3.05) is 17.2 Å². The Morgan fingerprint density at radius 2 is 2.11 bits per heavy atom. The van der Waals surface area contributed by atoms with Gasteiger partial charge in [-0.25, -0.2) is 4.98 Å². The summed E-state index contributed by atoms with van der Waals surface area (Å²) in [7, 11) is 0. The quantitative estimate of drug-likeness (QED) is 0.893. The van der Waals surface area contributed by atoms with Crippen LogP contribution in [0.1, 0.15) is 38.3 Å². The third kappa shape index (κ3) is 3.30. The van der Waals surface area contributed by atoms with E-state index < -0.39 is 11.9 Å². The fourth-order valence-corrected chi connectivity index (χ4v) is 2.07. The number of pyridine rings is 1. The van der Waals surface area contributed by atoms with Crippen LogP contribution in [0.15, 0.2) is 12.3 Å². The second kappa shape index (κ2) is 5.27. The molecule has 0 bridgehead atoms. The lowest BCUT2D eigenvalue weighted by molar-refractivity contribution is -0.141. The van der Waals surface area contributed by atoms with Crippen LogP contribution in [0.2, 0.25) is 0 Å². The molecule has 0 amide bonds. The number of alkyl halides is 3. The molecular formula is C13H18F3N3. The number of aromatic nitrogens is 1. The molecule has 6 heteroatoms. The van der Waals surface area contributed by atoms with E-state index in [0.29, 0.717) is 17.4 Å². The van der Waals surface area contributed by atoms with E-state index in [4.69, 9.17) is 5.73 Å². The van der Waals surface area contributed by atoms with E-state index in [0.717, 1.165) is 44.5 Å². The van der Waals surface area contributed by atoms with Crippen molar-refractivity contribution in [1.82, 2.24) is 4.98 Å². The zero-order valence-electron chi connectivity index (χ0n) is 10.9. The van der Waals surface area contributed by atoms with Gasteiger partial charge in [0.25, 0.3) is 0 Å². The van der Waals surface area contributed by atoms with Gasteiger partial charge in [-0.05, 0) is 25.3 Å². The Balaban J connectivity index is 2.29. The predicted octanol–water partition coefficient (Wildman–Crippen LogP) is 3.45. The van der Waals surface area contributed by atoms with Crippen LogP contribution in [0.25, 0.3) is 0 Å². The summed E-state index contributed by atoms with van der Waals surface area (Å²) < 4.78 is 38.1. The maximum atomic E-state index is 12.7. The van der Waals surface area contributed by atoms with Gasteiger partial charge in [0.15, 0.2) is 0 Å². The SMILES string of the molecule is CCCCN(c1cc(C(F)(F)F)ncc1N)C1CC1. The molecule has 0 aliphatic heterocycles. The monoisotopic (exact) mass is 273 g/mol. The minimum atomic E-state index is -4.43. The molecular weight excluding hydrogens is 255 g/mol. The minimum absolute atomic E-state index is 0.316. The van der Waals surface area contributed by atoms with E-state index in [-0.39, 0.29) is 0 Å². The third-order valence-corrected chi connectivity index (χ3v) is 3.25. The number of nitrogens with zero attached hydrogens (tertiary/aromatic N) is 2. The van der Waals surface area contributed by atoms with Crippen LogP contribution < -0.4 is 10.6 Å². The molecule has 2 N–H and O–H groups in total. The largest absolute Gasteiger partial charge is 0.433 e. The summed E-state index contributed by atoms with van der Waals surface area (Å²) in [5.74, 6) is 0. The van der Waals surface area contributed by atoms with Gasteiger partial charge in [0.05, 0.1) is 17.6 Å². The van der Waals surface area contributed by atoms with Gasteiger partial charge in [0.2, 0.25) is 0 Å². The van der Waals surface area contributed by atoms with Crippen LogP contribution in [0, 0.1) is 0 Å². The van der Waals surface area contributed by atoms with Gasteiger partial charge in [-0.2, -0.15) is 13.2 Å². The van der Waals surface area contributed by atoms with Crippen LogP contribution in [0.3, 0.4) is 0 Å². The maximum absolute atomic E-state index is 12.7. The topological polar surface area (TPSA) is 42.2 Å². The fraction of sp³-hybridized carbons (Fsp3) is 0.615. The number of unbranched alkanes of at least 4 members (excludes halogenated alkanes) is 1. The van der Waals surface area contributed by atoms with Gasteiger partial charge >= 0.3 is 6.18 Å². The van der Waals surface area contributed by atoms with Crippen LogP contribution in [0.4, 0.5) is 24.5 Å². The molecule has 1 aromatic rings. The molecule has 1 aromatic heterocycles. The van der Waals surface area contributed by atoms with E-state index in [1.54, 1.807) is 0 Å². The van der Waals surface area contributed by atoms with Crippen molar-refractivity contribution in [2.45, 2.75) is 44.8 Å². The second-order valence-corrected chi connectivity index (χ2v) is 4.90. The number of hydrogen-bond donors (Lipinski definition) is 1. The van der Waals surface area contributed by atoms with Crippen LogP contribution in [-0.2, 0) is 6.18 Å².